The van der Waals surface area contributed by atoms with Gasteiger partial charge in [-0.1, -0.05) is 5.16 Å². The van der Waals surface area contributed by atoms with Crippen LogP contribution in [-0.2, 0) is 7.05 Å². The van der Waals surface area contributed by atoms with Crippen molar-refractivity contribution in [3.05, 3.63) is 12.5 Å². The zero-order chi connectivity index (χ0) is 11.8. The Kier molecular flexibility index (Phi) is 1.90. The van der Waals surface area contributed by atoms with Gasteiger partial charge >= 0.3 is 0 Å². The minimum absolute atomic E-state index is 0.125. The molecule has 9 heteroatoms. The molecule has 0 aliphatic rings. The first-order valence-corrected chi connectivity index (χ1v) is 4.72. The minimum atomic E-state index is 0.125. The second-order valence-corrected chi connectivity index (χ2v) is 3.36. The van der Waals surface area contributed by atoms with Gasteiger partial charge in [0.2, 0.25) is 17.6 Å². The molecule has 0 unspecified atom stereocenters. The molecule has 0 saturated carbocycles. The van der Waals surface area contributed by atoms with Crippen molar-refractivity contribution in [2.45, 2.75) is 0 Å². The maximum Gasteiger partial charge on any atom is 0.295 e. The zero-order valence-corrected chi connectivity index (χ0v) is 8.82. The van der Waals surface area contributed by atoms with Gasteiger partial charge in [-0.25, -0.2) is 4.98 Å². The van der Waals surface area contributed by atoms with Gasteiger partial charge in [0, 0.05) is 7.05 Å². The highest BCUT2D eigenvalue weighted by atomic mass is 16.5. The maximum atomic E-state index is 5.38. The summed E-state index contributed by atoms with van der Waals surface area (Å²) in [5.41, 5.74) is 6.13. The van der Waals surface area contributed by atoms with Crippen LogP contribution in [0.5, 0.6) is 0 Å². The summed E-state index contributed by atoms with van der Waals surface area (Å²) in [5.74, 6) is 1.11. The van der Waals surface area contributed by atoms with Crippen LogP contribution in [0.25, 0.3) is 23.2 Å². The van der Waals surface area contributed by atoms with E-state index >= 15 is 0 Å². The number of aromatic amines is 1. The summed E-state index contributed by atoms with van der Waals surface area (Å²) in [6.07, 6.45) is 3.29. The fourth-order valence-corrected chi connectivity index (χ4v) is 1.37. The van der Waals surface area contributed by atoms with Crippen LogP contribution < -0.4 is 5.73 Å². The number of hydrogen-bond acceptors (Lipinski definition) is 7. The molecular weight excluding hydrogens is 224 g/mol. The predicted octanol–water partition coefficient (Wildman–Crippen LogP) is -0.163. The molecule has 0 aromatic carbocycles. The third kappa shape index (κ3) is 1.53. The van der Waals surface area contributed by atoms with Gasteiger partial charge in [0.15, 0.2) is 0 Å². The van der Waals surface area contributed by atoms with Crippen molar-refractivity contribution in [1.29, 1.82) is 0 Å². The Morgan fingerprint density at radius 2 is 2.29 bits per heavy atom. The lowest BCUT2D eigenvalue weighted by atomic mass is 10.4. The summed E-state index contributed by atoms with van der Waals surface area (Å²) in [4.78, 5) is 12.0. The molecule has 0 fully saturated rings. The van der Waals surface area contributed by atoms with E-state index in [0.29, 0.717) is 11.6 Å². The minimum Gasteiger partial charge on any atom is -0.366 e. The summed E-state index contributed by atoms with van der Waals surface area (Å²) in [7, 11) is 1.84. The number of aromatic nitrogens is 7. The highest BCUT2D eigenvalue weighted by molar-refractivity contribution is 5.52. The van der Waals surface area contributed by atoms with Crippen LogP contribution in [0, 0.1) is 0 Å². The molecule has 3 aromatic heterocycles. The van der Waals surface area contributed by atoms with Crippen molar-refractivity contribution < 1.29 is 4.52 Å². The van der Waals surface area contributed by atoms with E-state index in [-0.39, 0.29) is 11.8 Å². The fourth-order valence-electron chi connectivity index (χ4n) is 1.37. The highest BCUT2D eigenvalue weighted by Gasteiger charge is 2.15. The molecule has 0 atom stereocenters. The van der Waals surface area contributed by atoms with E-state index in [9.17, 15) is 0 Å². The van der Waals surface area contributed by atoms with Gasteiger partial charge in [-0.3, -0.25) is 5.10 Å². The Morgan fingerprint density at radius 3 is 2.94 bits per heavy atom. The number of nitrogen functional groups attached to an aromatic ring is 1. The standard InChI is InChI=1S/C8H8N8O/c1-16-3-10-2-4(16)5-11-7(17-15-5)6-12-8(9)14-13-6/h2-3H,1H3,(H3,9,12,13,14). The third-order valence-corrected chi connectivity index (χ3v) is 2.18. The van der Waals surface area contributed by atoms with Gasteiger partial charge in [-0.2, -0.15) is 9.97 Å². The molecule has 0 amide bonds. The van der Waals surface area contributed by atoms with Crippen LogP contribution in [0.2, 0.25) is 0 Å². The van der Waals surface area contributed by atoms with Crippen LogP contribution >= 0.6 is 0 Å². The number of nitrogens with two attached hydrogens (primary N) is 1. The average molecular weight is 232 g/mol. The van der Waals surface area contributed by atoms with Crippen LogP contribution in [0.4, 0.5) is 5.95 Å². The lowest BCUT2D eigenvalue weighted by Crippen LogP contribution is -1.91. The summed E-state index contributed by atoms with van der Waals surface area (Å²) < 4.78 is 6.83. The molecule has 86 valence electrons. The Hall–Kier alpha value is -2.71. The van der Waals surface area contributed by atoms with Crippen molar-refractivity contribution in [2.75, 3.05) is 5.73 Å². The molecular formula is C8H8N8O. The van der Waals surface area contributed by atoms with Crippen LogP contribution in [-0.4, -0.2) is 34.9 Å². The lowest BCUT2D eigenvalue weighted by molar-refractivity contribution is 0.429. The molecule has 0 spiro atoms. The number of hydrogen-bond donors (Lipinski definition) is 2. The number of rotatable bonds is 2. The zero-order valence-electron chi connectivity index (χ0n) is 8.82. The van der Waals surface area contributed by atoms with Crippen molar-refractivity contribution in [1.82, 2.24) is 34.9 Å². The number of aryl methyl sites for hydroxylation is 1. The van der Waals surface area contributed by atoms with Gasteiger partial charge in [-0.15, -0.1) is 5.10 Å². The summed E-state index contributed by atoms with van der Waals surface area (Å²) in [5, 5.41) is 10.1. The molecule has 3 N–H and O–H groups in total. The number of nitrogens with zero attached hydrogens (tertiary/aromatic N) is 6. The monoisotopic (exact) mass is 232 g/mol. The van der Waals surface area contributed by atoms with Crippen LogP contribution in [0.1, 0.15) is 0 Å². The fraction of sp³-hybridized carbons (Fsp3) is 0.125. The highest BCUT2D eigenvalue weighted by Crippen LogP contribution is 2.18. The number of H-pyrrole nitrogens is 1. The molecule has 3 aromatic rings. The van der Waals surface area contributed by atoms with Crippen molar-refractivity contribution in [2.24, 2.45) is 7.05 Å². The summed E-state index contributed by atoms with van der Waals surface area (Å²) >= 11 is 0. The number of nitrogens with one attached hydrogen (secondary N) is 1. The summed E-state index contributed by atoms with van der Waals surface area (Å²) in [6, 6.07) is 0. The van der Waals surface area contributed by atoms with E-state index in [1.54, 1.807) is 17.1 Å². The van der Waals surface area contributed by atoms with Crippen molar-refractivity contribution in [3.63, 3.8) is 0 Å². The summed E-state index contributed by atoms with van der Waals surface area (Å²) in [6.45, 7) is 0. The van der Waals surface area contributed by atoms with Gasteiger partial charge < -0.3 is 14.8 Å². The number of imidazole rings is 1. The first kappa shape index (κ1) is 9.51. The third-order valence-electron chi connectivity index (χ3n) is 2.18. The van der Waals surface area contributed by atoms with Gasteiger partial charge in [0.1, 0.15) is 5.69 Å². The quantitative estimate of drug-likeness (QED) is 0.628. The van der Waals surface area contributed by atoms with Crippen LogP contribution in [0.3, 0.4) is 0 Å². The Labute approximate surface area is 94.7 Å². The van der Waals surface area contributed by atoms with Crippen LogP contribution in [0.15, 0.2) is 17.0 Å². The SMILES string of the molecule is Cn1cncc1-c1noc(-c2nc(N)n[nH]2)n1. The molecule has 3 rings (SSSR count). The van der Waals surface area contributed by atoms with E-state index in [1.807, 2.05) is 7.05 Å². The molecule has 17 heavy (non-hydrogen) atoms. The van der Waals surface area contributed by atoms with E-state index in [2.05, 4.69) is 30.3 Å². The van der Waals surface area contributed by atoms with Crippen molar-refractivity contribution >= 4 is 5.95 Å². The largest absolute Gasteiger partial charge is 0.366 e. The molecule has 9 nitrogen and oxygen atoms in total. The molecule has 0 saturated heterocycles. The van der Waals surface area contributed by atoms with Gasteiger partial charge in [0.25, 0.3) is 5.89 Å². The van der Waals surface area contributed by atoms with Gasteiger partial charge in [0.05, 0.1) is 12.5 Å². The second kappa shape index (κ2) is 3.40. The Morgan fingerprint density at radius 1 is 1.41 bits per heavy atom. The normalized spacial score (nSPS) is 10.9. The van der Waals surface area contributed by atoms with E-state index in [0.717, 1.165) is 5.69 Å². The molecule has 0 aliphatic carbocycles. The topological polar surface area (TPSA) is 124 Å². The Balaban J connectivity index is 2.01. The average Bonchev–Trinajstić information content (AvgIpc) is 2.97. The van der Waals surface area contributed by atoms with E-state index in [1.165, 1.54) is 0 Å². The van der Waals surface area contributed by atoms with Gasteiger partial charge in [-0.05, 0) is 0 Å². The molecule has 3 heterocycles. The smallest absolute Gasteiger partial charge is 0.295 e. The van der Waals surface area contributed by atoms with E-state index < -0.39 is 0 Å². The second-order valence-electron chi connectivity index (χ2n) is 3.36. The Bertz CT molecular complexity index is 650. The maximum absolute atomic E-state index is 5.38. The predicted molar refractivity (Wildman–Crippen MR) is 56.3 cm³/mol. The molecule has 0 radical (unpaired) electrons. The first-order chi connectivity index (χ1) is 8.24. The van der Waals surface area contributed by atoms with E-state index in [4.69, 9.17) is 10.3 Å². The number of anilines is 1. The first-order valence-electron chi connectivity index (χ1n) is 4.72. The lowest BCUT2D eigenvalue weighted by Gasteiger charge is -1.92. The van der Waals surface area contributed by atoms with Crippen molar-refractivity contribution in [3.8, 4) is 23.2 Å². The molecule has 0 bridgehead atoms. The molecule has 0 aliphatic heterocycles.